The average Bonchev–Trinajstić information content (AvgIpc) is 2.79. The van der Waals surface area contributed by atoms with E-state index in [4.69, 9.17) is 39.7 Å². The third-order valence-electron chi connectivity index (χ3n) is 14.4. The third-order valence-corrected chi connectivity index (χ3v) is 16.3. The van der Waals surface area contributed by atoms with Crippen LogP contribution in [-0.2, 0) is 52.6 Å². The third kappa shape index (κ3) is 16.6. The number of fused-ring (bicyclic) bond motifs is 1. The molecule has 3 aliphatic rings. The number of aliphatic hydroxyl groups is 1. The molecule has 85 heavy (non-hydrogen) atoms. The Labute approximate surface area is 500 Å². The largest absolute Gasteiger partial charge is 0.493 e. The zero-order valence-corrected chi connectivity index (χ0v) is 49.5. The fourth-order valence-corrected chi connectivity index (χ4v) is 11.7. The van der Waals surface area contributed by atoms with Crippen molar-refractivity contribution in [2.45, 2.75) is 83.9 Å². The number of ether oxygens (including phenoxy) is 7. The number of hydrogen-bond donors (Lipinski definition) is 2. The number of carbonyl (C=O) groups is 4. The standard InChI is InChI=1S/C62H69F3N6O12S2/c1-39(2)56(70-36-45-12-8-9-13-48(45)41(70)4)60(75)71-37-47(72)34-50(71)58(73)67-35-44-16-15-43(57-40(3)68-38-84-57)32-53(44)82-29-28-81-27-25-79-22-11-7-10-21-78-24-26-80-23-20-69-59(74)55(85-61(69)76)31-42-14-18-52(54(30-42)77-6)83-51-19-17-46(66-5)33-49(51)62(63,64)65/h8-9,12-19,30-33,38-39,47,50,56,72H,4,7,10-11,20-29,34-37H2,1-3,6H3,(H,67,73)/b55-31-/t47-,50+,56+/m1/s1. The number of thiazole rings is 1. The number of halogens is 3. The first kappa shape index (κ1) is 63.7. The van der Waals surface area contributed by atoms with Gasteiger partial charge in [-0.05, 0) is 97.0 Å². The molecule has 3 atom stereocenters. The Morgan fingerprint density at radius 1 is 0.882 bits per heavy atom. The first-order chi connectivity index (χ1) is 40.9. The summed E-state index contributed by atoms with van der Waals surface area (Å²) >= 11 is 2.28. The minimum Gasteiger partial charge on any atom is -0.493 e. The van der Waals surface area contributed by atoms with E-state index in [1.54, 1.807) is 5.51 Å². The molecule has 452 valence electrons. The monoisotopic (exact) mass is 1210 g/mol. The number of aliphatic hydroxyl groups excluding tert-OH is 1. The van der Waals surface area contributed by atoms with E-state index < -0.39 is 46.8 Å². The Bertz CT molecular complexity index is 3260. The van der Waals surface area contributed by atoms with Gasteiger partial charge in [-0.2, -0.15) is 13.2 Å². The van der Waals surface area contributed by atoms with Gasteiger partial charge in [-0.15, -0.1) is 11.3 Å². The molecule has 8 rings (SSSR count). The molecule has 4 heterocycles. The quantitative estimate of drug-likeness (QED) is 0.0250. The molecule has 18 nitrogen and oxygen atoms in total. The summed E-state index contributed by atoms with van der Waals surface area (Å²) in [6.45, 7) is 21.2. The van der Waals surface area contributed by atoms with Crippen LogP contribution in [0.25, 0.3) is 27.1 Å². The van der Waals surface area contributed by atoms with Crippen molar-refractivity contribution >= 4 is 63.5 Å². The van der Waals surface area contributed by atoms with Gasteiger partial charge in [-0.3, -0.25) is 24.1 Å². The van der Waals surface area contributed by atoms with E-state index in [0.717, 1.165) is 80.5 Å². The van der Waals surface area contributed by atoms with Crippen molar-refractivity contribution in [2.75, 3.05) is 79.7 Å². The van der Waals surface area contributed by atoms with E-state index >= 15 is 0 Å². The van der Waals surface area contributed by atoms with Crippen LogP contribution in [0.5, 0.6) is 23.0 Å². The number of nitrogens with one attached hydrogen (secondary N) is 1. The lowest BCUT2D eigenvalue weighted by Gasteiger charge is -2.36. The summed E-state index contributed by atoms with van der Waals surface area (Å²) in [6.07, 6.45) is -1.46. The number of rotatable bonds is 30. The van der Waals surface area contributed by atoms with Crippen molar-refractivity contribution in [3.05, 3.63) is 141 Å². The number of likely N-dealkylation sites (tertiary alicyclic amines) is 1. The Kier molecular flexibility index (Phi) is 22.6. The van der Waals surface area contributed by atoms with Gasteiger partial charge in [0.05, 0.1) is 92.5 Å². The van der Waals surface area contributed by atoms with Crippen LogP contribution in [0.3, 0.4) is 0 Å². The number of unbranched alkanes of at least 4 members (excludes halogenated alkanes) is 2. The molecule has 1 aromatic heterocycles. The highest BCUT2D eigenvalue weighted by atomic mass is 32.2. The number of aryl methyl sites for hydroxylation is 1. The molecule has 2 saturated heterocycles. The van der Waals surface area contributed by atoms with Gasteiger partial charge < -0.3 is 53.4 Å². The molecule has 0 radical (unpaired) electrons. The van der Waals surface area contributed by atoms with Crippen LogP contribution < -0.4 is 19.5 Å². The number of benzene rings is 4. The van der Waals surface area contributed by atoms with Gasteiger partial charge in [0.25, 0.3) is 11.1 Å². The molecular weight excluding hydrogens is 1140 g/mol. The number of methoxy groups -OCH3 is 1. The lowest BCUT2D eigenvalue weighted by Crippen LogP contribution is -2.54. The normalized spacial score (nSPS) is 16.8. The average molecular weight is 1210 g/mol. The number of hydrogen-bond acceptors (Lipinski definition) is 16. The lowest BCUT2D eigenvalue weighted by atomic mass is 10.00. The maximum absolute atomic E-state index is 14.4. The molecule has 3 aliphatic heterocycles. The molecule has 2 N–H and O–H groups in total. The lowest BCUT2D eigenvalue weighted by molar-refractivity contribution is -0.143. The molecule has 0 saturated carbocycles. The summed E-state index contributed by atoms with van der Waals surface area (Å²) in [5.74, 6) is -1.05. The van der Waals surface area contributed by atoms with Crippen LogP contribution in [0.4, 0.5) is 23.7 Å². The van der Waals surface area contributed by atoms with Crippen LogP contribution >= 0.6 is 23.1 Å². The number of amides is 4. The van der Waals surface area contributed by atoms with Crippen LogP contribution in [-0.4, -0.2) is 146 Å². The number of nitrogens with zero attached hydrogens (tertiary/aromatic N) is 5. The first-order valence-electron chi connectivity index (χ1n) is 27.9. The Hall–Kier alpha value is -7.30. The Morgan fingerprint density at radius 2 is 1.59 bits per heavy atom. The van der Waals surface area contributed by atoms with Crippen molar-refractivity contribution in [3.8, 4) is 33.4 Å². The molecule has 0 aliphatic carbocycles. The molecule has 4 amide bonds. The highest BCUT2D eigenvalue weighted by Crippen LogP contribution is 2.43. The van der Waals surface area contributed by atoms with Crippen molar-refractivity contribution in [2.24, 2.45) is 5.92 Å². The molecule has 0 unspecified atom stereocenters. The van der Waals surface area contributed by atoms with Crippen molar-refractivity contribution in [1.29, 1.82) is 0 Å². The predicted octanol–water partition coefficient (Wildman–Crippen LogP) is 10.9. The number of thioether (sulfide) groups is 1. The van der Waals surface area contributed by atoms with Crippen molar-refractivity contribution in [1.82, 2.24) is 25.0 Å². The van der Waals surface area contributed by atoms with E-state index in [-0.39, 0.29) is 85.7 Å². The van der Waals surface area contributed by atoms with E-state index in [2.05, 4.69) is 21.7 Å². The number of carbonyl (C=O) groups excluding carboxylic acids is 4. The van der Waals surface area contributed by atoms with Gasteiger partial charge in [0.2, 0.25) is 11.8 Å². The van der Waals surface area contributed by atoms with Gasteiger partial charge in [-0.25, -0.2) is 9.83 Å². The van der Waals surface area contributed by atoms with E-state index in [1.807, 2.05) is 68.1 Å². The molecule has 4 aromatic carbocycles. The smallest absolute Gasteiger partial charge is 0.418 e. The number of aromatic nitrogens is 1. The zero-order valence-electron chi connectivity index (χ0n) is 47.8. The summed E-state index contributed by atoms with van der Waals surface area (Å²) in [4.78, 5) is 67.4. The second kappa shape index (κ2) is 30.2. The predicted molar refractivity (Wildman–Crippen MR) is 316 cm³/mol. The van der Waals surface area contributed by atoms with E-state index in [9.17, 15) is 37.5 Å². The van der Waals surface area contributed by atoms with Crippen molar-refractivity contribution in [3.63, 3.8) is 0 Å². The number of imide groups is 1. The SMILES string of the molecule is [C-]#[N+]c1ccc(Oc2ccc(/C=C3\SC(=O)N(CCOCCOCCCCCOCCOCCOc4cc(-c5scnc5C)ccc4CNC(=O)[C@@H]4C[C@@H](O)CN4C(=O)[C@H](C(C)C)N4Cc5ccccc5C4=C)C3=O)cc2OC)c(C(F)(F)F)c1. The summed E-state index contributed by atoms with van der Waals surface area (Å²) in [5, 5.41) is 13.4. The zero-order chi connectivity index (χ0) is 60.6. The summed E-state index contributed by atoms with van der Waals surface area (Å²) < 4.78 is 81.3. The second-order valence-corrected chi connectivity index (χ2v) is 22.5. The van der Waals surface area contributed by atoms with Gasteiger partial charge in [0.1, 0.15) is 30.2 Å². The molecule has 23 heteroatoms. The second-order valence-electron chi connectivity index (χ2n) is 20.6. The Balaban J connectivity index is 0.684. The fourth-order valence-electron chi connectivity index (χ4n) is 10.1. The topological polar surface area (TPSA) is 192 Å². The van der Waals surface area contributed by atoms with Crippen molar-refractivity contribution < 1.29 is 70.6 Å². The van der Waals surface area contributed by atoms with Crippen LogP contribution in [0.15, 0.2) is 95.9 Å². The maximum Gasteiger partial charge on any atom is 0.418 e. The maximum atomic E-state index is 14.4. The summed E-state index contributed by atoms with van der Waals surface area (Å²) in [6, 6.07) is 19.7. The van der Waals surface area contributed by atoms with E-state index in [0.29, 0.717) is 63.6 Å². The minimum absolute atomic E-state index is 0.0262. The van der Waals surface area contributed by atoms with Crippen LogP contribution in [0.1, 0.15) is 73.0 Å². The molecule has 5 aromatic rings. The summed E-state index contributed by atoms with van der Waals surface area (Å²) in [5.41, 5.74) is 6.36. The van der Waals surface area contributed by atoms with Gasteiger partial charge in [0, 0.05) is 56.1 Å². The Morgan fingerprint density at radius 3 is 2.27 bits per heavy atom. The molecular formula is C62H69F3N6O12S2. The van der Waals surface area contributed by atoms with Gasteiger partial charge in [-0.1, -0.05) is 69.0 Å². The van der Waals surface area contributed by atoms with Crippen LogP contribution in [0, 0.1) is 19.4 Å². The molecule has 2 fully saturated rings. The highest BCUT2D eigenvalue weighted by molar-refractivity contribution is 8.18. The number of alkyl halides is 3. The molecule has 0 bridgehead atoms. The van der Waals surface area contributed by atoms with Gasteiger partial charge in [0.15, 0.2) is 17.2 Å². The molecule has 0 spiro atoms. The first-order valence-corrected chi connectivity index (χ1v) is 29.6. The van der Waals surface area contributed by atoms with Gasteiger partial charge >= 0.3 is 6.18 Å². The minimum atomic E-state index is -4.77. The fraction of sp³-hybridized carbons (Fsp3) is 0.419. The highest BCUT2D eigenvalue weighted by Gasteiger charge is 2.45. The van der Waals surface area contributed by atoms with E-state index in [1.165, 1.54) is 53.7 Å². The summed E-state index contributed by atoms with van der Waals surface area (Å²) in [7, 11) is 1.31. The number of β-amino-alcohol motifs (C(OH)–C–C–N with tert-alkyl or cyclic N) is 1. The van der Waals surface area contributed by atoms with Crippen LogP contribution in [0.2, 0.25) is 0 Å².